The molecule has 0 bridgehead atoms. The lowest BCUT2D eigenvalue weighted by Gasteiger charge is -2.24. The molecule has 21 heavy (non-hydrogen) atoms. The van der Waals surface area contributed by atoms with Crippen LogP contribution in [0.5, 0.6) is 0 Å². The molecular weight excluding hydrogens is 330 g/mol. The average molecular weight is 358 g/mol. The minimum atomic E-state index is 0.391. The Labute approximate surface area is 136 Å². The summed E-state index contributed by atoms with van der Waals surface area (Å²) >= 11 is 3.74. The van der Waals surface area contributed by atoms with Gasteiger partial charge in [0.15, 0.2) is 0 Å². The van der Waals surface area contributed by atoms with E-state index in [0.717, 1.165) is 44.5 Å². The van der Waals surface area contributed by atoms with E-state index in [1.807, 2.05) is 11.7 Å². The predicted molar refractivity (Wildman–Crippen MR) is 89.6 cm³/mol. The lowest BCUT2D eigenvalue weighted by molar-refractivity contribution is 0.116. The molecule has 1 fully saturated rings. The van der Waals surface area contributed by atoms with Gasteiger partial charge in [-0.15, -0.1) is 0 Å². The highest BCUT2D eigenvalue weighted by Gasteiger charge is 2.30. The summed E-state index contributed by atoms with van der Waals surface area (Å²) in [6.07, 6.45) is 4.67. The molecule has 1 aromatic rings. The van der Waals surface area contributed by atoms with Gasteiger partial charge in [-0.2, -0.15) is 5.10 Å². The molecular formula is C16H28BrN3O. The minimum absolute atomic E-state index is 0.391. The monoisotopic (exact) mass is 357 g/mol. The van der Waals surface area contributed by atoms with Crippen molar-refractivity contribution < 1.29 is 4.74 Å². The van der Waals surface area contributed by atoms with Gasteiger partial charge in [0.25, 0.3) is 0 Å². The van der Waals surface area contributed by atoms with Crippen molar-refractivity contribution in [2.75, 3.05) is 13.2 Å². The van der Waals surface area contributed by atoms with Gasteiger partial charge < -0.3 is 10.1 Å². The van der Waals surface area contributed by atoms with Crippen LogP contribution in [0.4, 0.5) is 0 Å². The second kappa shape index (κ2) is 7.75. The molecule has 1 N–H and O–H groups in total. The highest BCUT2D eigenvalue weighted by molar-refractivity contribution is 9.10. The smallest absolute Gasteiger partial charge is 0.0766 e. The molecule has 0 amide bonds. The third-order valence-electron chi connectivity index (χ3n) is 4.37. The van der Waals surface area contributed by atoms with Crippen LogP contribution in [0.1, 0.15) is 45.0 Å². The molecule has 1 aliphatic rings. The van der Waals surface area contributed by atoms with E-state index < -0.39 is 0 Å². The van der Waals surface area contributed by atoms with Crippen molar-refractivity contribution in [2.45, 2.75) is 58.6 Å². The minimum Gasteiger partial charge on any atom is -0.378 e. The average Bonchev–Trinajstić information content (AvgIpc) is 3.00. The maximum atomic E-state index is 5.78. The molecule has 120 valence electrons. The summed E-state index contributed by atoms with van der Waals surface area (Å²) in [5.74, 6) is 0.596. The Morgan fingerprint density at radius 2 is 2.24 bits per heavy atom. The van der Waals surface area contributed by atoms with E-state index in [0.29, 0.717) is 18.1 Å². The van der Waals surface area contributed by atoms with Crippen LogP contribution in [0.25, 0.3) is 0 Å². The fraction of sp³-hybridized carbons (Fsp3) is 0.812. The van der Waals surface area contributed by atoms with Gasteiger partial charge in [-0.05, 0) is 48.7 Å². The maximum absolute atomic E-state index is 5.78. The zero-order valence-electron chi connectivity index (χ0n) is 13.7. The molecule has 0 aromatic carbocycles. The first-order valence-electron chi connectivity index (χ1n) is 8.12. The first-order chi connectivity index (χ1) is 10.1. The van der Waals surface area contributed by atoms with Gasteiger partial charge in [-0.3, -0.25) is 4.68 Å². The first-order valence-corrected chi connectivity index (χ1v) is 8.91. The molecule has 1 saturated heterocycles. The molecule has 4 nitrogen and oxygen atoms in total. The zero-order chi connectivity index (χ0) is 15.4. The number of nitrogens with one attached hydrogen (secondary N) is 1. The molecule has 0 saturated carbocycles. The third kappa shape index (κ3) is 4.08. The quantitative estimate of drug-likeness (QED) is 0.814. The van der Waals surface area contributed by atoms with E-state index in [4.69, 9.17) is 4.74 Å². The van der Waals surface area contributed by atoms with Gasteiger partial charge in [0.05, 0.1) is 28.6 Å². The fourth-order valence-electron chi connectivity index (χ4n) is 3.12. The van der Waals surface area contributed by atoms with Gasteiger partial charge in [0.2, 0.25) is 0 Å². The molecule has 3 atom stereocenters. The van der Waals surface area contributed by atoms with Gasteiger partial charge in [0, 0.05) is 25.4 Å². The van der Waals surface area contributed by atoms with Crippen LogP contribution in [0, 0.1) is 5.92 Å². The Morgan fingerprint density at radius 1 is 1.48 bits per heavy atom. The van der Waals surface area contributed by atoms with E-state index in [1.165, 1.54) is 10.2 Å². The summed E-state index contributed by atoms with van der Waals surface area (Å²) in [7, 11) is 2.05. The summed E-state index contributed by atoms with van der Waals surface area (Å²) in [4.78, 5) is 0. The number of ether oxygens (including phenoxy) is 1. The first kappa shape index (κ1) is 17.0. The number of hydrogen-bond donors (Lipinski definition) is 1. The van der Waals surface area contributed by atoms with Gasteiger partial charge in [-0.1, -0.05) is 13.8 Å². The summed E-state index contributed by atoms with van der Waals surface area (Å²) < 4.78 is 8.99. The second-order valence-electron chi connectivity index (χ2n) is 6.09. The number of rotatable bonds is 7. The van der Waals surface area contributed by atoms with Gasteiger partial charge >= 0.3 is 0 Å². The summed E-state index contributed by atoms with van der Waals surface area (Å²) in [6, 6.07) is 0.464. The van der Waals surface area contributed by atoms with Crippen molar-refractivity contribution in [1.29, 1.82) is 0 Å². The van der Waals surface area contributed by atoms with Crippen molar-refractivity contribution in [3.8, 4) is 0 Å². The predicted octanol–water partition coefficient (Wildman–Crippen LogP) is 3.08. The molecule has 0 spiro atoms. The van der Waals surface area contributed by atoms with Crippen LogP contribution in [0.15, 0.2) is 4.47 Å². The van der Waals surface area contributed by atoms with Crippen molar-refractivity contribution in [1.82, 2.24) is 15.1 Å². The number of hydrogen-bond acceptors (Lipinski definition) is 3. The van der Waals surface area contributed by atoms with Crippen LogP contribution in [-0.2, 0) is 24.6 Å². The van der Waals surface area contributed by atoms with Crippen molar-refractivity contribution >= 4 is 15.9 Å². The molecule has 0 aliphatic carbocycles. The summed E-state index contributed by atoms with van der Waals surface area (Å²) in [5.41, 5.74) is 2.44. The Balaban J connectivity index is 2.12. The van der Waals surface area contributed by atoms with Gasteiger partial charge in [-0.25, -0.2) is 0 Å². The molecule has 1 aromatic heterocycles. The molecule has 2 heterocycles. The van der Waals surface area contributed by atoms with Crippen LogP contribution < -0.4 is 5.32 Å². The van der Waals surface area contributed by atoms with E-state index >= 15 is 0 Å². The van der Waals surface area contributed by atoms with Crippen molar-refractivity contribution in [3.63, 3.8) is 0 Å². The molecule has 2 rings (SSSR count). The topological polar surface area (TPSA) is 39.1 Å². The Kier molecular flexibility index (Phi) is 6.26. The standard InChI is InChI=1S/C16H28BrN3O/c1-5-7-18-14(12-8-11(3)21-10-12)9-15-16(17)13(6-2)19-20(15)4/h11-12,14,18H,5-10H2,1-4H3. The summed E-state index contributed by atoms with van der Waals surface area (Å²) in [5, 5.41) is 8.33. The Morgan fingerprint density at radius 3 is 2.76 bits per heavy atom. The molecule has 5 heteroatoms. The maximum Gasteiger partial charge on any atom is 0.0766 e. The highest BCUT2D eigenvalue weighted by atomic mass is 79.9. The van der Waals surface area contributed by atoms with Crippen molar-refractivity contribution in [3.05, 3.63) is 15.9 Å². The summed E-state index contributed by atoms with van der Waals surface area (Å²) in [6.45, 7) is 8.47. The fourth-order valence-corrected chi connectivity index (χ4v) is 3.89. The molecule has 3 unspecified atom stereocenters. The lowest BCUT2D eigenvalue weighted by Crippen LogP contribution is -2.39. The van der Waals surface area contributed by atoms with Crippen molar-refractivity contribution in [2.24, 2.45) is 13.0 Å². The SMILES string of the molecule is CCCNC(Cc1c(Br)c(CC)nn1C)C1COC(C)C1. The van der Waals surface area contributed by atoms with Crippen LogP contribution in [-0.4, -0.2) is 35.1 Å². The number of nitrogens with zero attached hydrogens (tertiary/aromatic N) is 2. The van der Waals surface area contributed by atoms with Crippen LogP contribution >= 0.6 is 15.9 Å². The number of halogens is 1. The normalized spacial score (nSPS) is 23.7. The number of aryl methyl sites for hydroxylation is 2. The second-order valence-corrected chi connectivity index (χ2v) is 6.88. The van der Waals surface area contributed by atoms with E-state index in [1.54, 1.807) is 0 Å². The number of aromatic nitrogens is 2. The van der Waals surface area contributed by atoms with E-state index in [2.05, 4.69) is 47.1 Å². The van der Waals surface area contributed by atoms with Crippen LogP contribution in [0.2, 0.25) is 0 Å². The largest absolute Gasteiger partial charge is 0.378 e. The van der Waals surface area contributed by atoms with Crippen LogP contribution in [0.3, 0.4) is 0 Å². The third-order valence-corrected chi connectivity index (χ3v) is 5.29. The zero-order valence-corrected chi connectivity index (χ0v) is 15.2. The Bertz CT molecular complexity index is 461. The Hall–Kier alpha value is -0.390. The van der Waals surface area contributed by atoms with E-state index in [-0.39, 0.29) is 0 Å². The lowest BCUT2D eigenvalue weighted by atomic mass is 9.93. The van der Waals surface area contributed by atoms with E-state index in [9.17, 15) is 0 Å². The highest BCUT2D eigenvalue weighted by Crippen LogP contribution is 2.28. The molecule has 0 radical (unpaired) electrons. The van der Waals surface area contributed by atoms with Gasteiger partial charge in [0.1, 0.15) is 0 Å². The molecule has 1 aliphatic heterocycles.